The monoisotopic (exact) mass is 660 g/mol. The number of rotatable bonds is 4. The average molecular weight is 661 g/mol. The summed E-state index contributed by atoms with van der Waals surface area (Å²) in [5.74, 6) is 0. The molecule has 50 heavy (non-hydrogen) atoms. The molecule has 11 rings (SSSR count). The van der Waals surface area contributed by atoms with Crippen molar-refractivity contribution in [1.29, 1.82) is 0 Å². The second kappa shape index (κ2) is 10.5. The van der Waals surface area contributed by atoms with Gasteiger partial charge >= 0.3 is 0 Å². The van der Waals surface area contributed by atoms with Crippen LogP contribution < -0.4 is 0 Å². The molecule has 11 aromatic carbocycles. The van der Waals surface area contributed by atoms with Gasteiger partial charge in [0.15, 0.2) is 0 Å². The first-order valence-electron chi connectivity index (χ1n) is 30.0. The predicted molar refractivity (Wildman–Crippen MR) is 216 cm³/mol. The van der Waals surface area contributed by atoms with Crippen LogP contribution in [0.2, 0.25) is 0 Å². The summed E-state index contributed by atoms with van der Waals surface area (Å²) >= 11 is 0. The molecule has 0 heteroatoms. The fourth-order valence-corrected chi connectivity index (χ4v) is 6.28. The third kappa shape index (κ3) is 4.06. The molecule has 230 valence electrons. The molecule has 0 bridgehead atoms. The molecule has 0 spiro atoms. The molecule has 0 saturated carbocycles. The number of benzene rings is 11. The lowest BCUT2D eigenvalue weighted by molar-refractivity contribution is 1.57. The van der Waals surface area contributed by atoms with Gasteiger partial charge in [-0.25, -0.2) is 0 Å². The molecule has 0 aliphatic carbocycles. The fraction of sp³-hybridized carbons (Fsp3) is 0. The van der Waals surface area contributed by atoms with E-state index in [0.717, 1.165) is 0 Å². The Labute approximate surface area is 332 Å². The van der Waals surface area contributed by atoms with Gasteiger partial charge in [-0.05, 0) is 127 Å². The quantitative estimate of drug-likeness (QED) is 0.165. The number of hydrogen-bond donors (Lipinski definition) is 0. The van der Waals surface area contributed by atoms with Crippen molar-refractivity contribution >= 4 is 64.6 Å². The molecule has 0 aliphatic heterocycles. The fourth-order valence-electron chi connectivity index (χ4n) is 6.28. The Morgan fingerprint density at radius 2 is 0.620 bits per heavy atom. The SMILES string of the molecule is [2H]c1c([2H])c([2H])c(-c2c([2H])c(-c3c([2H])c([2H])c(-c4c([2H])c([2H])c5c([2H])c([2H])c6c([2H])c([2H])c([2H])c7c([2H])c([2H])c4c5c67)c([2H])c3[2H])c([2H])c(-c3c([2H])c([2H])c4c([2H])c([2H])c5c([2H])c([2H])c([2H])c6c([2H])c([2H])c3c4c56)c2[2H])c([2H])c1[2H]. The van der Waals surface area contributed by atoms with Crippen LogP contribution >= 0.6 is 0 Å². The standard InChI is InChI=1S/C50H30/c1-2-6-31(7-3-1)40-28-41(30-42(29-40)44-25-21-39-19-17-35-9-5-11-37-23-27-46(44)50(39)48(35)37)32-12-14-33(15-13-32)43-24-20-38-18-16-34-8-4-10-36-22-26-45(43)49(38)47(34)36/h1-30H/i1D,2D,3D,4D,5D,6D,7D,8D,9D,10D,11D,12D,13D,14D,15D,16D,17D,18D,19D,20D,21D,22D,23D,24D,25D,26D,27D,28D,29D,30D. The Morgan fingerprint density at radius 3 is 1.14 bits per heavy atom. The smallest absolute Gasteiger partial charge is 0.0622 e. The molecule has 0 N–H and O–H groups in total. The molecule has 0 saturated heterocycles. The zero-order valence-corrected chi connectivity index (χ0v) is 25.0. The maximum absolute atomic E-state index is 9.96. The third-order valence-electron chi connectivity index (χ3n) is 8.50. The minimum atomic E-state index is -1.17. The van der Waals surface area contributed by atoms with Crippen LogP contribution in [0.25, 0.3) is 109 Å². The van der Waals surface area contributed by atoms with Gasteiger partial charge in [0, 0.05) is 0 Å². The van der Waals surface area contributed by atoms with Gasteiger partial charge in [0.25, 0.3) is 0 Å². The summed E-state index contributed by atoms with van der Waals surface area (Å²) in [5, 5.41) is -5.34. The average Bonchev–Trinajstić information content (AvgIpc) is 3.41. The molecule has 0 aromatic heterocycles. The lowest BCUT2D eigenvalue weighted by Gasteiger charge is -2.16. The predicted octanol–water partition coefficient (Wildman–Crippen LogP) is 14.1. The summed E-state index contributed by atoms with van der Waals surface area (Å²) in [7, 11) is 0. The highest BCUT2D eigenvalue weighted by molar-refractivity contribution is 6.26. The van der Waals surface area contributed by atoms with Gasteiger partial charge in [0.05, 0.1) is 41.1 Å². The summed E-state index contributed by atoms with van der Waals surface area (Å²) in [6, 6.07) is -27.6. The van der Waals surface area contributed by atoms with Gasteiger partial charge in [0.2, 0.25) is 0 Å². The Morgan fingerprint density at radius 1 is 0.240 bits per heavy atom. The second-order valence-corrected chi connectivity index (χ2v) is 11.2. The maximum Gasteiger partial charge on any atom is 0.0636 e. The topological polar surface area (TPSA) is 0 Å². The summed E-state index contributed by atoms with van der Waals surface area (Å²) < 4.78 is 273. The number of hydrogen-bond acceptors (Lipinski definition) is 0. The minimum Gasteiger partial charge on any atom is -0.0622 e. The first-order chi connectivity index (χ1) is 37.3. The van der Waals surface area contributed by atoms with E-state index >= 15 is 0 Å². The highest BCUT2D eigenvalue weighted by Gasteiger charge is 2.15. The molecule has 0 unspecified atom stereocenters. The molecule has 0 aliphatic rings. The van der Waals surface area contributed by atoms with E-state index in [0.29, 0.717) is 0 Å². The molecular formula is C50H30. The van der Waals surface area contributed by atoms with Gasteiger partial charge in [-0.3, -0.25) is 0 Å². The zero-order chi connectivity index (χ0) is 58.9. The minimum absolute atomic E-state index is 0.296. The molecule has 11 aromatic rings. The van der Waals surface area contributed by atoms with E-state index in [1.165, 1.54) is 0 Å². The molecule has 0 heterocycles. The van der Waals surface area contributed by atoms with Crippen molar-refractivity contribution in [2.45, 2.75) is 0 Å². The van der Waals surface area contributed by atoms with Gasteiger partial charge in [-0.2, -0.15) is 0 Å². The van der Waals surface area contributed by atoms with Crippen molar-refractivity contribution in [3.05, 3.63) is 181 Å². The summed E-state index contributed by atoms with van der Waals surface area (Å²) in [6.07, 6.45) is 0. The van der Waals surface area contributed by atoms with E-state index in [2.05, 4.69) is 0 Å². The van der Waals surface area contributed by atoms with Crippen LogP contribution in [0.3, 0.4) is 0 Å². The largest absolute Gasteiger partial charge is 0.0636 e. The Hall–Kier alpha value is -6.50. The molecule has 0 amide bonds. The van der Waals surface area contributed by atoms with Gasteiger partial charge in [-0.15, -0.1) is 0 Å². The van der Waals surface area contributed by atoms with Crippen molar-refractivity contribution in [3.63, 3.8) is 0 Å². The first kappa shape index (κ1) is 11.3. The summed E-state index contributed by atoms with van der Waals surface area (Å²) in [4.78, 5) is 0. The highest BCUT2D eigenvalue weighted by atomic mass is 14.2. The summed E-state index contributed by atoms with van der Waals surface area (Å²) in [6.45, 7) is 0. The van der Waals surface area contributed by atoms with E-state index in [4.69, 9.17) is 21.9 Å². The lowest BCUT2D eigenvalue weighted by atomic mass is 9.87. The molecule has 0 nitrogen and oxygen atoms in total. The van der Waals surface area contributed by atoms with Crippen molar-refractivity contribution in [2.75, 3.05) is 0 Å². The molecule has 0 radical (unpaired) electrons. The Bertz CT molecular complexity index is 4700. The highest BCUT2D eigenvalue weighted by Crippen LogP contribution is 2.43. The van der Waals surface area contributed by atoms with Crippen LogP contribution in [0.4, 0.5) is 0 Å². The Kier molecular flexibility index (Phi) is 2.37. The van der Waals surface area contributed by atoms with Crippen LogP contribution in [0, 0.1) is 0 Å². The lowest BCUT2D eigenvalue weighted by Crippen LogP contribution is -1.90. The van der Waals surface area contributed by atoms with E-state index in [9.17, 15) is 19.2 Å². The molecular weight excluding hydrogens is 601 g/mol. The molecule has 0 atom stereocenters. The van der Waals surface area contributed by atoms with Gasteiger partial charge in [-0.1, -0.05) is 163 Å². The van der Waals surface area contributed by atoms with Crippen molar-refractivity contribution in [2.24, 2.45) is 0 Å². The Balaban J connectivity index is 1.35. The van der Waals surface area contributed by atoms with E-state index in [-0.39, 0.29) is 16.2 Å². The first-order valence-corrected chi connectivity index (χ1v) is 15.0. The van der Waals surface area contributed by atoms with Crippen LogP contribution in [-0.4, -0.2) is 0 Å². The summed E-state index contributed by atoms with van der Waals surface area (Å²) in [5.41, 5.74) is -7.12. The van der Waals surface area contributed by atoms with Crippen LogP contribution in [0.5, 0.6) is 0 Å². The molecule has 0 fully saturated rings. The maximum atomic E-state index is 9.96. The van der Waals surface area contributed by atoms with Gasteiger partial charge < -0.3 is 0 Å². The van der Waals surface area contributed by atoms with E-state index < -0.39 is 274 Å². The van der Waals surface area contributed by atoms with Crippen LogP contribution in [-0.2, 0) is 0 Å². The van der Waals surface area contributed by atoms with Gasteiger partial charge in [0.1, 0.15) is 0 Å². The third-order valence-corrected chi connectivity index (χ3v) is 8.50. The van der Waals surface area contributed by atoms with Crippen molar-refractivity contribution in [1.82, 2.24) is 0 Å². The van der Waals surface area contributed by atoms with Crippen molar-refractivity contribution in [3.8, 4) is 44.5 Å². The normalized spacial score (nSPS) is 20.4. The van der Waals surface area contributed by atoms with E-state index in [1.54, 1.807) is 0 Å². The second-order valence-electron chi connectivity index (χ2n) is 11.2. The zero-order valence-electron chi connectivity index (χ0n) is 55.0. The van der Waals surface area contributed by atoms with Crippen LogP contribution in [0.15, 0.2) is 181 Å². The van der Waals surface area contributed by atoms with E-state index in [1.807, 2.05) is 0 Å². The van der Waals surface area contributed by atoms with Crippen molar-refractivity contribution < 1.29 is 41.1 Å². The van der Waals surface area contributed by atoms with Crippen LogP contribution in [0.1, 0.15) is 41.1 Å².